The molecule has 1 aliphatic carbocycles. The molecule has 3 atom stereocenters. The molecule has 0 heterocycles. The van der Waals surface area contributed by atoms with E-state index in [4.69, 9.17) is 5.73 Å². The first-order valence-electron chi connectivity index (χ1n) is 17.1. The average Bonchev–Trinajstić information content (AvgIpc) is 3.03. The SMILES string of the molecule is CCCC(CCC)S(=O)(=O)CC(NC(=O)C1CCCCC1)C(=O)N(Cc1cccc(CC)c1)C[C@@H](O)[C@@H](N)Cc1cc(F)cc(F)c1. The molecule has 1 saturated carbocycles. The number of nitrogens with one attached hydrogen (secondary N) is 1. The largest absolute Gasteiger partial charge is 0.390 e. The second-order valence-corrected chi connectivity index (χ2v) is 15.4. The van der Waals surface area contributed by atoms with Crippen LogP contribution in [0.15, 0.2) is 42.5 Å². The Kier molecular flexibility index (Phi) is 15.3. The lowest BCUT2D eigenvalue weighted by Crippen LogP contribution is -2.56. The van der Waals surface area contributed by atoms with Crippen molar-refractivity contribution in [3.8, 4) is 0 Å². The number of benzene rings is 2. The normalized spacial score (nSPS) is 16.1. The lowest BCUT2D eigenvalue weighted by atomic mass is 9.88. The van der Waals surface area contributed by atoms with Gasteiger partial charge in [-0.05, 0) is 67.3 Å². The molecule has 47 heavy (non-hydrogen) atoms. The number of sulfone groups is 1. The topological polar surface area (TPSA) is 130 Å². The van der Waals surface area contributed by atoms with Gasteiger partial charge in [-0.3, -0.25) is 9.59 Å². The molecule has 0 saturated heterocycles. The van der Waals surface area contributed by atoms with E-state index in [1.807, 2.05) is 45.0 Å². The van der Waals surface area contributed by atoms with E-state index in [0.29, 0.717) is 38.5 Å². The van der Waals surface area contributed by atoms with Gasteiger partial charge in [-0.1, -0.05) is 77.1 Å². The van der Waals surface area contributed by atoms with Gasteiger partial charge >= 0.3 is 0 Å². The van der Waals surface area contributed by atoms with Crippen molar-refractivity contribution in [2.24, 2.45) is 11.7 Å². The number of carbonyl (C=O) groups excluding carboxylic acids is 2. The summed E-state index contributed by atoms with van der Waals surface area (Å²) >= 11 is 0. The number of amides is 2. The number of aliphatic hydroxyl groups is 1. The fourth-order valence-corrected chi connectivity index (χ4v) is 8.62. The second kappa shape index (κ2) is 18.6. The van der Waals surface area contributed by atoms with Crippen LogP contribution in [0, 0.1) is 17.6 Å². The molecular weight excluding hydrogens is 624 g/mol. The molecule has 0 bridgehead atoms. The third-order valence-electron chi connectivity index (χ3n) is 9.10. The van der Waals surface area contributed by atoms with Crippen LogP contribution in [0.4, 0.5) is 8.78 Å². The van der Waals surface area contributed by atoms with Crippen molar-refractivity contribution < 1.29 is 31.9 Å². The maximum atomic E-state index is 14.4. The lowest BCUT2D eigenvalue weighted by Gasteiger charge is -2.33. The van der Waals surface area contributed by atoms with E-state index in [1.54, 1.807) is 0 Å². The maximum Gasteiger partial charge on any atom is 0.246 e. The Hall–Kier alpha value is -2.89. The van der Waals surface area contributed by atoms with Gasteiger partial charge in [0.1, 0.15) is 17.7 Å². The summed E-state index contributed by atoms with van der Waals surface area (Å²) in [6.07, 6.45) is 5.78. The van der Waals surface area contributed by atoms with E-state index in [0.717, 1.165) is 55.0 Å². The molecule has 0 aliphatic heterocycles. The Morgan fingerprint density at radius 1 is 0.957 bits per heavy atom. The second-order valence-electron chi connectivity index (χ2n) is 13.0. The Balaban J connectivity index is 1.95. The van der Waals surface area contributed by atoms with Crippen LogP contribution >= 0.6 is 0 Å². The zero-order valence-electron chi connectivity index (χ0n) is 28.1. The van der Waals surface area contributed by atoms with E-state index in [9.17, 15) is 31.9 Å². The number of halogens is 2. The highest BCUT2D eigenvalue weighted by atomic mass is 32.2. The van der Waals surface area contributed by atoms with Crippen LogP contribution in [0.2, 0.25) is 0 Å². The number of nitrogens with zero attached hydrogens (tertiary/aromatic N) is 1. The van der Waals surface area contributed by atoms with Crippen LogP contribution in [0.5, 0.6) is 0 Å². The molecule has 0 radical (unpaired) electrons. The Morgan fingerprint density at radius 2 is 1.57 bits per heavy atom. The standard InChI is InChI=1S/C36H53F2N3O5S/c1-4-11-31(12-5-2)47(45,46)24-33(40-35(43)28-15-8-7-9-16-28)36(44)41(22-26-14-10-13-25(6-3)17-26)23-34(42)32(39)20-27-18-29(37)21-30(38)19-27/h10,13-14,17-19,21,28,31-34,42H,4-9,11-12,15-16,20,22-24,39H2,1-3H3,(H,40,43)/t32-,33?,34+/m0/s1. The summed E-state index contributed by atoms with van der Waals surface area (Å²) in [7, 11) is -3.80. The first-order valence-corrected chi connectivity index (χ1v) is 18.8. The van der Waals surface area contributed by atoms with E-state index < -0.39 is 56.6 Å². The van der Waals surface area contributed by atoms with Gasteiger partial charge in [0.15, 0.2) is 9.84 Å². The van der Waals surface area contributed by atoms with Crippen LogP contribution < -0.4 is 11.1 Å². The molecule has 4 N–H and O–H groups in total. The van der Waals surface area contributed by atoms with Crippen LogP contribution in [-0.4, -0.2) is 66.0 Å². The Bertz CT molecular complexity index is 1390. The molecule has 11 heteroatoms. The van der Waals surface area contributed by atoms with Gasteiger partial charge in [-0.15, -0.1) is 0 Å². The van der Waals surface area contributed by atoms with Crippen molar-refractivity contribution in [3.05, 3.63) is 70.8 Å². The van der Waals surface area contributed by atoms with Crippen LogP contribution in [0.3, 0.4) is 0 Å². The highest BCUT2D eigenvalue weighted by Crippen LogP contribution is 2.25. The summed E-state index contributed by atoms with van der Waals surface area (Å²) in [6.45, 7) is 5.59. The van der Waals surface area contributed by atoms with Crippen LogP contribution in [0.25, 0.3) is 0 Å². The van der Waals surface area contributed by atoms with E-state index in [-0.39, 0.29) is 36.9 Å². The summed E-state index contributed by atoms with van der Waals surface area (Å²) in [4.78, 5) is 29.3. The van der Waals surface area contributed by atoms with Gasteiger partial charge < -0.3 is 21.1 Å². The number of aliphatic hydroxyl groups excluding tert-OH is 1. The highest BCUT2D eigenvalue weighted by Gasteiger charge is 2.36. The van der Waals surface area contributed by atoms with Crippen molar-refractivity contribution in [3.63, 3.8) is 0 Å². The fraction of sp³-hybridized carbons (Fsp3) is 0.611. The van der Waals surface area contributed by atoms with Crippen molar-refractivity contribution in [2.45, 2.75) is 121 Å². The quantitative estimate of drug-likeness (QED) is 0.198. The van der Waals surface area contributed by atoms with Crippen molar-refractivity contribution in [2.75, 3.05) is 12.3 Å². The molecule has 8 nitrogen and oxygen atoms in total. The minimum Gasteiger partial charge on any atom is -0.390 e. The minimum absolute atomic E-state index is 0.0360. The third kappa shape index (κ3) is 11.9. The monoisotopic (exact) mass is 677 g/mol. The molecule has 1 fully saturated rings. The number of aryl methyl sites for hydroxylation is 1. The number of rotatable bonds is 18. The maximum absolute atomic E-state index is 14.4. The summed E-state index contributed by atoms with van der Waals surface area (Å²) in [5, 5.41) is 13.4. The fourth-order valence-electron chi connectivity index (χ4n) is 6.46. The predicted molar refractivity (Wildman–Crippen MR) is 181 cm³/mol. The zero-order chi connectivity index (χ0) is 34.6. The first-order chi connectivity index (χ1) is 22.4. The molecule has 2 aromatic carbocycles. The van der Waals surface area contributed by atoms with Crippen LogP contribution in [0.1, 0.15) is 95.2 Å². The smallest absolute Gasteiger partial charge is 0.246 e. The average molecular weight is 678 g/mol. The molecule has 262 valence electrons. The van der Waals surface area contributed by atoms with Gasteiger partial charge in [0, 0.05) is 31.1 Å². The van der Waals surface area contributed by atoms with E-state index in [1.165, 1.54) is 4.90 Å². The summed E-state index contributed by atoms with van der Waals surface area (Å²) in [5.74, 6) is -3.35. The summed E-state index contributed by atoms with van der Waals surface area (Å²) in [5.41, 5.74) is 8.35. The van der Waals surface area contributed by atoms with Crippen LogP contribution in [-0.2, 0) is 38.8 Å². The molecule has 1 unspecified atom stereocenters. The lowest BCUT2D eigenvalue weighted by molar-refractivity contribution is -0.138. The molecule has 2 amide bonds. The number of hydrogen-bond donors (Lipinski definition) is 3. The molecule has 0 spiro atoms. The summed E-state index contributed by atoms with van der Waals surface area (Å²) < 4.78 is 55.2. The highest BCUT2D eigenvalue weighted by molar-refractivity contribution is 7.92. The zero-order valence-corrected chi connectivity index (χ0v) is 28.9. The number of nitrogens with two attached hydrogens (primary N) is 1. The molecular formula is C36H53F2N3O5S. The van der Waals surface area contributed by atoms with E-state index in [2.05, 4.69) is 5.32 Å². The van der Waals surface area contributed by atoms with Gasteiger partial charge in [-0.2, -0.15) is 0 Å². The van der Waals surface area contributed by atoms with Crippen molar-refractivity contribution >= 4 is 21.7 Å². The number of carbonyl (C=O) groups is 2. The molecule has 2 aromatic rings. The first kappa shape index (κ1) is 38.6. The Morgan fingerprint density at radius 3 is 2.17 bits per heavy atom. The molecule has 3 rings (SSSR count). The predicted octanol–water partition coefficient (Wildman–Crippen LogP) is 5.24. The van der Waals surface area contributed by atoms with Crippen molar-refractivity contribution in [1.82, 2.24) is 10.2 Å². The summed E-state index contributed by atoms with van der Waals surface area (Å²) in [6, 6.07) is 8.27. The van der Waals surface area contributed by atoms with Crippen molar-refractivity contribution in [1.29, 1.82) is 0 Å². The van der Waals surface area contributed by atoms with Gasteiger partial charge in [0.25, 0.3) is 0 Å². The van der Waals surface area contributed by atoms with Gasteiger partial charge in [-0.25, -0.2) is 17.2 Å². The minimum atomic E-state index is -3.80. The third-order valence-corrected chi connectivity index (χ3v) is 11.4. The molecule has 0 aromatic heterocycles. The van der Waals surface area contributed by atoms with Gasteiger partial charge in [0.2, 0.25) is 11.8 Å². The number of hydrogen-bond acceptors (Lipinski definition) is 6. The van der Waals surface area contributed by atoms with E-state index >= 15 is 0 Å². The molecule has 1 aliphatic rings. The Labute approximate surface area is 279 Å². The van der Waals surface area contributed by atoms with Gasteiger partial charge in [0.05, 0.1) is 17.1 Å².